The molecule has 0 N–H and O–H groups in total. The van der Waals surface area contributed by atoms with Crippen LogP contribution in [0.25, 0.3) is 11.2 Å². The monoisotopic (exact) mass is 453 g/mol. The Morgan fingerprint density at radius 1 is 1.12 bits per heavy atom. The van der Waals surface area contributed by atoms with Gasteiger partial charge in [0.05, 0.1) is 6.54 Å². The molecule has 0 unspecified atom stereocenters. The maximum atomic E-state index is 14.2. The summed E-state index contributed by atoms with van der Waals surface area (Å²) in [5.41, 5.74) is 1.75. The van der Waals surface area contributed by atoms with E-state index in [0.29, 0.717) is 35.2 Å². The zero-order valence-electron chi connectivity index (χ0n) is 17.7. The minimum absolute atomic E-state index is 0.147. The highest BCUT2D eigenvalue weighted by Gasteiger charge is 2.27. The molecule has 7 nitrogen and oxygen atoms in total. The maximum absolute atomic E-state index is 14.2. The summed E-state index contributed by atoms with van der Waals surface area (Å²) in [5.74, 6) is 0.126. The maximum Gasteiger partial charge on any atom is 0.332 e. The summed E-state index contributed by atoms with van der Waals surface area (Å²) in [7, 11) is 1.58. The molecule has 0 fully saturated rings. The zero-order valence-corrected chi connectivity index (χ0v) is 18.4. The molecule has 0 bridgehead atoms. The van der Waals surface area contributed by atoms with Crippen LogP contribution in [0.15, 0.2) is 52.1 Å². The van der Waals surface area contributed by atoms with Gasteiger partial charge < -0.3 is 9.47 Å². The predicted octanol–water partition coefficient (Wildman–Crippen LogP) is 3.59. The lowest BCUT2D eigenvalue weighted by molar-refractivity contribution is 0.578. The summed E-state index contributed by atoms with van der Waals surface area (Å²) in [4.78, 5) is 33.1. The van der Waals surface area contributed by atoms with Gasteiger partial charge in [-0.25, -0.2) is 9.18 Å². The van der Waals surface area contributed by atoms with Crippen molar-refractivity contribution in [1.29, 1.82) is 0 Å². The Morgan fingerprint density at radius 3 is 2.66 bits per heavy atom. The van der Waals surface area contributed by atoms with Crippen molar-refractivity contribution in [2.75, 3.05) is 11.4 Å². The van der Waals surface area contributed by atoms with Gasteiger partial charge in [0.25, 0.3) is 5.56 Å². The van der Waals surface area contributed by atoms with Crippen LogP contribution in [0.5, 0.6) is 0 Å². The van der Waals surface area contributed by atoms with E-state index in [1.807, 2.05) is 34.6 Å². The van der Waals surface area contributed by atoms with Crippen molar-refractivity contribution >= 4 is 34.4 Å². The molecular formula is C23H21ClFN5O2. The molecule has 0 radical (unpaired) electrons. The number of aryl methyl sites for hydroxylation is 3. The van der Waals surface area contributed by atoms with Gasteiger partial charge in [0.1, 0.15) is 5.82 Å². The van der Waals surface area contributed by atoms with E-state index < -0.39 is 17.1 Å². The topological polar surface area (TPSA) is 65.1 Å². The van der Waals surface area contributed by atoms with E-state index in [4.69, 9.17) is 11.6 Å². The molecule has 0 saturated heterocycles. The number of hydrogen-bond donors (Lipinski definition) is 0. The molecule has 9 heteroatoms. The summed E-state index contributed by atoms with van der Waals surface area (Å²) in [6.07, 6.45) is 0.791. The van der Waals surface area contributed by atoms with Gasteiger partial charge in [0.15, 0.2) is 11.2 Å². The summed E-state index contributed by atoms with van der Waals surface area (Å²) in [6, 6.07) is 11.9. The van der Waals surface area contributed by atoms with Crippen molar-refractivity contribution < 1.29 is 4.39 Å². The molecule has 0 atom stereocenters. The van der Waals surface area contributed by atoms with E-state index in [0.717, 1.165) is 22.2 Å². The Balaban J connectivity index is 1.71. The number of imidazole rings is 1. The minimum atomic E-state index is -0.536. The summed E-state index contributed by atoms with van der Waals surface area (Å²) < 4.78 is 18.5. The number of rotatable bonds is 3. The molecule has 4 aromatic rings. The van der Waals surface area contributed by atoms with Crippen LogP contribution >= 0.6 is 11.6 Å². The summed E-state index contributed by atoms with van der Waals surface area (Å²) >= 11 is 6.34. The highest BCUT2D eigenvalue weighted by atomic mass is 35.5. The SMILES string of the molecule is Cc1ccc(N2CCCn3c2nc2c3c(=O)n(Cc3ccccc3F)c(=O)n2C)cc1Cl. The lowest BCUT2D eigenvalue weighted by Crippen LogP contribution is -2.40. The van der Waals surface area contributed by atoms with Gasteiger partial charge in [-0.3, -0.25) is 13.9 Å². The van der Waals surface area contributed by atoms with Gasteiger partial charge in [-0.15, -0.1) is 0 Å². The van der Waals surface area contributed by atoms with E-state index in [1.54, 1.807) is 25.2 Å². The van der Waals surface area contributed by atoms with E-state index in [2.05, 4.69) is 4.98 Å². The highest BCUT2D eigenvalue weighted by Crippen LogP contribution is 2.33. The quantitative estimate of drug-likeness (QED) is 0.475. The molecule has 0 aliphatic carbocycles. The largest absolute Gasteiger partial charge is 0.332 e. The third-order valence-electron chi connectivity index (χ3n) is 5.97. The number of benzene rings is 2. The van der Waals surface area contributed by atoms with Crippen molar-refractivity contribution in [2.24, 2.45) is 7.05 Å². The molecular weight excluding hydrogens is 433 g/mol. The van der Waals surface area contributed by atoms with Crippen LogP contribution in [0, 0.1) is 12.7 Å². The van der Waals surface area contributed by atoms with Crippen molar-refractivity contribution in [3.63, 3.8) is 0 Å². The fourth-order valence-electron chi connectivity index (χ4n) is 4.20. The van der Waals surface area contributed by atoms with Crippen LogP contribution in [0.1, 0.15) is 17.5 Å². The molecule has 32 heavy (non-hydrogen) atoms. The average molecular weight is 454 g/mol. The number of aromatic nitrogens is 4. The normalized spacial score (nSPS) is 13.6. The fourth-order valence-corrected chi connectivity index (χ4v) is 4.37. The van der Waals surface area contributed by atoms with Crippen molar-refractivity contribution in [2.45, 2.75) is 26.4 Å². The van der Waals surface area contributed by atoms with Crippen molar-refractivity contribution in [3.8, 4) is 0 Å². The van der Waals surface area contributed by atoms with Gasteiger partial charge in [-0.2, -0.15) is 4.98 Å². The van der Waals surface area contributed by atoms with Gasteiger partial charge in [-0.1, -0.05) is 35.9 Å². The number of hydrogen-bond acceptors (Lipinski definition) is 4. The molecule has 164 valence electrons. The molecule has 0 saturated carbocycles. The third-order valence-corrected chi connectivity index (χ3v) is 6.38. The van der Waals surface area contributed by atoms with Gasteiger partial charge in [0, 0.05) is 36.4 Å². The fraction of sp³-hybridized carbons (Fsp3) is 0.261. The average Bonchev–Trinajstić information content (AvgIpc) is 3.18. The van der Waals surface area contributed by atoms with E-state index in [9.17, 15) is 14.0 Å². The number of halogens is 2. The molecule has 1 aliphatic heterocycles. The van der Waals surface area contributed by atoms with Crippen LogP contribution < -0.4 is 16.1 Å². The summed E-state index contributed by atoms with van der Waals surface area (Å²) in [6.45, 7) is 3.09. The Kier molecular flexibility index (Phi) is 4.89. The van der Waals surface area contributed by atoms with E-state index >= 15 is 0 Å². The van der Waals surface area contributed by atoms with Crippen molar-refractivity contribution in [3.05, 3.63) is 85.3 Å². The Labute approximate surface area is 187 Å². The van der Waals surface area contributed by atoms with Gasteiger partial charge in [0.2, 0.25) is 5.95 Å². The minimum Gasteiger partial charge on any atom is -0.312 e. The lowest BCUT2D eigenvalue weighted by atomic mass is 10.2. The smallest absolute Gasteiger partial charge is 0.312 e. The second kappa shape index (κ2) is 7.63. The summed E-state index contributed by atoms with van der Waals surface area (Å²) in [5, 5.41) is 0.648. The second-order valence-corrected chi connectivity index (χ2v) is 8.41. The first-order valence-corrected chi connectivity index (χ1v) is 10.7. The predicted molar refractivity (Wildman–Crippen MR) is 123 cm³/mol. The van der Waals surface area contributed by atoms with Crippen LogP contribution in [-0.4, -0.2) is 25.2 Å². The third kappa shape index (κ3) is 3.14. The van der Waals surface area contributed by atoms with Crippen LogP contribution in [0.2, 0.25) is 5.02 Å². The molecule has 3 heterocycles. The van der Waals surface area contributed by atoms with Gasteiger partial charge in [-0.05, 0) is 37.1 Å². The number of fused-ring (bicyclic) bond motifs is 3. The van der Waals surface area contributed by atoms with Crippen LogP contribution in [0.4, 0.5) is 16.0 Å². The molecule has 5 rings (SSSR count). The zero-order chi connectivity index (χ0) is 22.6. The Hall–Kier alpha value is -3.39. The second-order valence-electron chi connectivity index (χ2n) is 8.00. The Bertz CT molecular complexity index is 1490. The molecule has 0 amide bonds. The lowest BCUT2D eigenvalue weighted by Gasteiger charge is -2.29. The highest BCUT2D eigenvalue weighted by molar-refractivity contribution is 6.31. The Morgan fingerprint density at radius 2 is 1.91 bits per heavy atom. The van der Waals surface area contributed by atoms with E-state index in [1.165, 1.54) is 10.6 Å². The molecule has 2 aromatic heterocycles. The van der Waals surface area contributed by atoms with Crippen LogP contribution in [-0.2, 0) is 20.1 Å². The van der Waals surface area contributed by atoms with Gasteiger partial charge >= 0.3 is 5.69 Å². The molecule has 2 aromatic carbocycles. The van der Waals surface area contributed by atoms with Crippen LogP contribution in [0.3, 0.4) is 0 Å². The number of anilines is 2. The molecule has 1 aliphatic rings. The number of nitrogens with zero attached hydrogens (tertiary/aromatic N) is 5. The van der Waals surface area contributed by atoms with E-state index in [-0.39, 0.29) is 12.1 Å². The molecule has 0 spiro atoms. The van der Waals surface area contributed by atoms with Crippen molar-refractivity contribution in [1.82, 2.24) is 18.7 Å². The first-order valence-electron chi connectivity index (χ1n) is 10.3. The standard InChI is InChI=1S/C23H21ClFN5O2/c1-14-8-9-16(12-17(14)24)28-10-5-11-29-19-20(26-22(28)29)27(2)23(32)30(21(19)31)13-15-6-3-4-7-18(15)25/h3-4,6-9,12H,5,10-11,13H2,1-2H3. The first-order chi connectivity index (χ1) is 15.4. The first kappa shape index (κ1) is 20.5.